The fourth-order valence-electron chi connectivity index (χ4n) is 12.2. The first-order chi connectivity index (χ1) is 41.4. The van der Waals surface area contributed by atoms with Gasteiger partial charge in [0.2, 0.25) is 11.8 Å². The number of Topliss-reactive ketones (excluding diaryl/α,β-unsaturated/α-hetero) is 2. The molecule has 0 aliphatic carbocycles. The van der Waals surface area contributed by atoms with Crippen molar-refractivity contribution in [2.45, 2.75) is 160 Å². The van der Waals surface area contributed by atoms with E-state index in [9.17, 15) is 37.2 Å². The second-order valence-corrected chi connectivity index (χ2v) is 29.7. The smallest absolute Gasteiger partial charge is 0.277 e. The predicted octanol–water partition coefficient (Wildman–Crippen LogP) is 11.4. The first-order valence-electron chi connectivity index (χ1n) is 30.0. The van der Waals surface area contributed by atoms with E-state index in [-0.39, 0.29) is 85.7 Å². The molecule has 464 valence electrons. The number of aryl methyl sites for hydroxylation is 2. The van der Waals surface area contributed by atoms with Crippen LogP contribution in [0.15, 0.2) is 91.0 Å². The lowest BCUT2D eigenvalue weighted by atomic mass is 9.92. The van der Waals surface area contributed by atoms with Gasteiger partial charge in [-0.2, -0.15) is 8.42 Å². The maximum absolute atomic E-state index is 14.3. The third-order valence-corrected chi connectivity index (χ3v) is 22.5. The Balaban J connectivity index is 0.888. The Morgan fingerprint density at radius 3 is 2.00 bits per heavy atom. The third-order valence-electron chi connectivity index (χ3n) is 17.0. The van der Waals surface area contributed by atoms with Gasteiger partial charge < -0.3 is 39.5 Å². The van der Waals surface area contributed by atoms with Crippen LogP contribution in [-0.2, 0) is 66.0 Å². The van der Waals surface area contributed by atoms with Gasteiger partial charge in [-0.05, 0) is 147 Å². The van der Waals surface area contributed by atoms with Gasteiger partial charge in [0.15, 0.2) is 23.1 Å². The maximum Gasteiger partial charge on any atom is 0.277 e. The van der Waals surface area contributed by atoms with E-state index in [0.717, 1.165) is 65.7 Å². The molecule has 0 fully saturated rings. The lowest BCUT2D eigenvalue weighted by Gasteiger charge is -2.27. The molecule has 0 aromatic heterocycles. The van der Waals surface area contributed by atoms with Crippen molar-refractivity contribution in [2.24, 2.45) is 11.8 Å². The van der Waals surface area contributed by atoms with E-state index in [1.165, 1.54) is 21.6 Å². The molecule has 0 spiro atoms. The minimum atomic E-state index is -4.05. The van der Waals surface area contributed by atoms with Gasteiger partial charge in [-0.15, -0.1) is 0 Å². The number of likely N-dealkylation sites (N-methyl/N-ethyl adjacent to an activating group) is 1. The molecule has 4 aliphatic heterocycles. The van der Waals surface area contributed by atoms with E-state index >= 15 is 0 Å². The molecule has 2 N–H and O–H groups in total. The Hall–Kier alpha value is -6.87. The van der Waals surface area contributed by atoms with Crippen LogP contribution >= 0.6 is 21.6 Å². The van der Waals surface area contributed by atoms with Gasteiger partial charge in [-0.25, -0.2) is 0 Å². The summed E-state index contributed by atoms with van der Waals surface area (Å²) in [7, 11) is 3.51. The number of amides is 4. The highest BCUT2D eigenvalue weighted by molar-refractivity contribution is 8.77. The normalized spacial score (nSPS) is 17.5. The summed E-state index contributed by atoms with van der Waals surface area (Å²) in [5.41, 5.74) is 9.63. The molecular formula is C67H81N5O12S3. The molecule has 6 atom stereocenters. The number of nitrogens with one attached hydrogen (secondary N) is 2. The van der Waals surface area contributed by atoms with E-state index in [0.29, 0.717) is 64.6 Å². The molecule has 0 saturated carbocycles. The summed E-state index contributed by atoms with van der Waals surface area (Å²) in [6, 6.07) is 28.4. The minimum absolute atomic E-state index is 0.0156. The number of hydrogen-bond donors (Lipinski definition) is 2. The Labute approximate surface area is 519 Å². The maximum atomic E-state index is 14.3. The summed E-state index contributed by atoms with van der Waals surface area (Å²) in [6.45, 7) is 15.5. The van der Waals surface area contributed by atoms with Crippen LogP contribution in [0.4, 0.5) is 22.7 Å². The molecule has 4 heterocycles. The number of fused-ring (bicyclic) bond motifs is 8. The average molecular weight is 1240 g/mol. The van der Waals surface area contributed by atoms with Crippen molar-refractivity contribution in [3.63, 3.8) is 0 Å². The van der Waals surface area contributed by atoms with E-state index < -0.39 is 43.8 Å². The highest BCUT2D eigenvalue weighted by Gasteiger charge is 2.41. The zero-order valence-corrected chi connectivity index (χ0v) is 54.1. The highest BCUT2D eigenvalue weighted by Crippen LogP contribution is 2.45. The summed E-state index contributed by atoms with van der Waals surface area (Å²) in [6.07, 6.45) is 3.60. The molecule has 4 amide bonds. The molecule has 0 saturated heterocycles. The van der Waals surface area contributed by atoms with Crippen LogP contribution in [0.25, 0.3) is 0 Å². The van der Waals surface area contributed by atoms with Gasteiger partial charge in [0.25, 0.3) is 21.9 Å². The van der Waals surface area contributed by atoms with Crippen LogP contribution in [-0.4, -0.2) is 105 Å². The first-order valence-corrected chi connectivity index (χ1v) is 33.6. The number of benzene rings is 5. The van der Waals surface area contributed by atoms with E-state index in [2.05, 4.69) is 31.8 Å². The van der Waals surface area contributed by atoms with Crippen LogP contribution in [0.5, 0.6) is 17.2 Å². The number of carbonyl (C=O) groups is 6. The summed E-state index contributed by atoms with van der Waals surface area (Å²) >= 11 is 0. The Bertz CT molecular complexity index is 3570. The van der Waals surface area contributed by atoms with Gasteiger partial charge in [0.05, 0.1) is 37.6 Å². The molecule has 17 nitrogen and oxygen atoms in total. The lowest BCUT2D eigenvalue weighted by Crippen LogP contribution is -2.45. The quantitative estimate of drug-likeness (QED) is 0.0390. The number of nitrogens with zero attached hydrogens (tertiary/aromatic N) is 3. The third kappa shape index (κ3) is 14.7. The van der Waals surface area contributed by atoms with Crippen molar-refractivity contribution in [1.82, 2.24) is 5.32 Å². The van der Waals surface area contributed by atoms with Gasteiger partial charge >= 0.3 is 0 Å². The summed E-state index contributed by atoms with van der Waals surface area (Å²) in [5, 5.41) is 4.52. The molecule has 0 bridgehead atoms. The highest BCUT2D eigenvalue weighted by atomic mass is 33.1. The molecule has 5 aromatic rings. The number of methoxy groups -OCH3 is 1. The number of para-hydroxylation sites is 2. The number of carbonyl (C=O) groups excluding carboxylic acids is 6. The van der Waals surface area contributed by atoms with Crippen LogP contribution in [0.2, 0.25) is 0 Å². The van der Waals surface area contributed by atoms with Crippen molar-refractivity contribution in [1.29, 1.82) is 0 Å². The topological polar surface area (TPSA) is 207 Å². The van der Waals surface area contributed by atoms with Gasteiger partial charge in [-0.3, -0.25) is 33.0 Å². The second kappa shape index (κ2) is 27.3. The molecule has 2 unspecified atom stereocenters. The van der Waals surface area contributed by atoms with Crippen LogP contribution in [0.3, 0.4) is 0 Å². The molecule has 87 heavy (non-hydrogen) atoms. The van der Waals surface area contributed by atoms with Crippen molar-refractivity contribution < 1.29 is 55.6 Å². The zero-order valence-electron chi connectivity index (χ0n) is 51.7. The number of ether oxygens (including phenoxy) is 3. The van der Waals surface area contributed by atoms with Crippen molar-refractivity contribution in [3.8, 4) is 17.2 Å². The van der Waals surface area contributed by atoms with Crippen LogP contribution in [0.1, 0.15) is 141 Å². The van der Waals surface area contributed by atoms with Crippen LogP contribution in [0, 0.1) is 18.8 Å². The molecule has 20 heteroatoms. The number of ketones is 2. The van der Waals surface area contributed by atoms with Gasteiger partial charge in [0, 0.05) is 83.5 Å². The average Bonchev–Trinajstić information content (AvgIpc) is 1.73. The Morgan fingerprint density at radius 2 is 1.37 bits per heavy atom. The molecule has 0 radical (unpaired) electrons. The molecule has 4 aliphatic rings. The van der Waals surface area contributed by atoms with E-state index in [1.807, 2.05) is 131 Å². The second-order valence-electron chi connectivity index (χ2n) is 24.5. The standard InChI is InChI=1S/C67H81N5O12S3/c1-12-56(73)61(87(79,80)82-11)27-42(6)85-86-67(7,8)24-23-62(75)69-63(39(2)3)57(74)26-41(5)64(76)68-48-29-43(37-83-58-35-55-52(25-40(58)4)66(78)72-50(36-70(55)9)32-47-18-14-16-20-54(47)72)28-44(30-48)38-84-60-33-45-21-22-49-31-46-17-13-15-19-53(46)71(49)65(77)51(45)34-59(60)81-10/h13-20,25,28-30,33-35,39,41-42,49-50,61,63H,12,21-24,26-27,31-32,36-38H2,1-11H3,(H,68,76)(H,69,75)/t41-,42?,49-,50+,61?,63+/m1/s1. The SMILES string of the molecule is CCC(=O)C(CC(C)SSC(C)(C)CCC(=O)N[C@H](C(=O)C[C@@H](C)C(=O)Nc1cc(COc2cc3c(cc2C)C(=O)N2c4ccccc4C[C@H]2CN3C)cc(COc2cc3c(cc2OC)C(=O)N2c4ccccc4C[C@H]2CC3)c1)C(C)C)S(=O)(=O)OC. The van der Waals surface area contributed by atoms with Gasteiger partial charge in [-0.1, -0.05) is 92.6 Å². The molecule has 9 rings (SSSR count). The van der Waals surface area contributed by atoms with Crippen molar-refractivity contribution in [3.05, 3.63) is 136 Å². The Morgan fingerprint density at radius 1 is 0.747 bits per heavy atom. The summed E-state index contributed by atoms with van der Waals surface area (Å²) in [5.74, 6) is -1.13. The predicted molar refractivity (Wildman–Crippen MR) is 344 cm³/mol. The number of rotatable bonds is 26. The largest absolute Gasteiger partial charge is 0.493 e. The minimum Gasteiger partial charge on any atom is -0.493 e. The fraction of sp³-hybridized carbons (Fsp3) is 0.463. The van der Waals surface area contributed by atoms with Gasteiger partial charge in [0.1, 0.15) is 24.2 Å². The fourth-order valence-corrected chi connectivity index (χ4v) is 16.2. The summed E-state index contributed by atoms with van der Waals surface area (Å²) < 4.78 is 48.4. The Kier molecular flexibility index (Phi) is 20.2. The first kappa shape index (κ1) is 64.6. The number of anilines is 4. The molecular weight excluding hydrogens is 1160 g/mol. The molecule has 5 aromatic carbocycles. The number of hydrogen-bond acceptors (Lipinski definition) is 15. The lowest BCUT2D eigenvalue weighted by molar-refractivity contribution is -0.131. The van der Waals surface area contributed by atoms with E-state index in [4.69, 9.17) is 14.2 Å². The van der Waals surface area contributed by atoms with Crippen molar-refractivity contribution in [2.75, 3.05) is 47.8 Å². The summed E-state index contributed by atoms with van der Waals surface area (Å²) in [4.78, 5) is 88.8. The van der Waals surface area contributed by atoms with Crippen molar-refractivity contribution >= 4 is 89.7 Å². The van der Waals surface area contributed by atoms with E-state index in [1.54, 1.807) is 27.0 Å². The van der Waals surface area contributed by atoms with Crippen LogP contribution < -0.4 is 39.5 Å². The monoisotopic (exact) mass is 1240 g/mol. The zero-order chi connectivity index (χ0) is 62.6.